The highest BCUT2D eigenvalue weighted by atomic mass is 32.2. The Bertz CT molecular complexity index is 1190. The van der Waals surface area contributed by atoms with Crippen molar-refractivity contribution in [1.29, 1.82) is 0 Å². The number of rotatable bonds is 8. The van der Waals surface area contributed by atoms with E-state index in [0.717, 1.165) is 29.3 Å². The molecule has 1 amide bonds. The van der Waals surface area contributed by atoms with Gasteiger partial charge >= 0.3 is 0 Å². The number of para-hydroxylation sites is 1. The van der Waals surface area contributed by atoms with Gasteiger partial charge in [-0.05, 0) is 60.7 Å². The van der Waals surface area contributed by atoms with Crippen molar-refractivity contribution in [2.45, 2.75) is 0 Å². The van der Waals surface area contributed by atoms with Gasteiger partial charge < -0.3 is 19.7 Å². The first-order valence-corrected chi connectivity index (χ1v) is 12.8. The molecule has 0 aliphatic carbocycles. The summed E-state index contributed by atoms with van der Waals surface area (Å²) >= 11 is 0. The van der Waals surface area contributed by atoms with Gasteiger partial charge in [0, 0.05) is 24.5 Å². The van der Waals surface area contributed by atoms with Crippen molar-refractivity contribution in [3.63, 3.8) is 0 Å². The summed E-state index contributed by atoms with van der Waals surface area (Å²) in [7, 11) is -3.69. The molecule has 178 valence electrons. The van der Waals surface area contributed by atoms with Crippen molar-refractivity contribution in [2.75, 3.05) is 53.6 Å². The second-order valence-electron chi connectivity index (χ2n) is 7.87. The average Bonchev–Trinajstić information content (AvgIpc) is 2.84. The standard InChI is InChI=1S/C25H27N3O5S/c1-34(30,31)28(22-11-13-24(14-12-22)33-23-5-3-2-4-6-23)19-25(29)26-20-7-9-21(10-8-20)27-15-17-32-18-16-27/h2-14H,15-19H2,1H3,(H,26,29). The molecule has 1 N–H and O–H groups in total. The first-order chi connectivity index (χ1) is 16.4. The number of benzene rings is 3. The Hall–Kier alpha value is -3.56. The molecule has 0 spiro atoms. The Balaban J connectivity index is 1.40. The lowest BCUT2D eigenvalue weighted by molar-refractivity contribution is -0.114. The summed E-state index contributed by atoms with van der Waals surface area (Å²) < 4.78 is 37.0. The minimum absolute atomic E-state index is 0.344. The van der Waals surface area contributed by atoms with Crippen LogP contribution in [0.4, 0.5) is 17.1 Å². The first kappa shape index (κ1) is 23.6. The summed E-state index contributed by atoms with van der Waals surface area (Å²) in [5.74, 6) is 0.802. The molecule has 0 saturated carbocycles. The number of carbonyl (C=O) groups excluding carboxylic acids is 1. The smallest absolute Gasteiger partial charge is 0.245 e. The van der Waals surface area contributed by atoms with Crippen molar-refractivity contribution in [3.8, 4) is 11.5 Å². The zero-order chi connectivity index (χ0) is 24.0. The van der Waals surface area contributed by atoms with Gasteiger partial charge in [0.15, 0.2) is 0 Å². The molecule has 0 unspecified atom stereocenters. The Morgan fingerprint density at radius 2 is 1.56 bits per heavy atom. The van der Waals surface area contributed by atoms with Crippen molar-refractivity contribution < 1.29 is 22.7 Å². The molecule has 1 aliphatic rings. The third kappa shape index (κ3) is 6.27. The number of nitrogens with zero attached hydrogens (tertiary/aromatic N) is 2. The highest BCUT2D eigenvalue weighted by molar-refractivity contribution is 7.92. The number of hydrogen-bond acceptors (Lipinski definition) is 6. The summed E-state index contributed by atoms with van der Waals surface area (Å²) in [4.78, 5) is 14.9. The molecule has 4 rings (SSSR count). The Labute approximate surface area is 199 Å². The minimum atomic E-state index is -3.69. The number of sulfonamides is 1. The van der Waals surface area contributed by atoms with E-state index in [2.05, 4.69) is 10.2 Å². The molecule has 0 aromatic heterocycles. The summed E-state index contributed by atoms with van der Waals surface area (Å²) in [6.45, 7) is 2.69. The van der Waals surface area contributed by atoms with Gasteiger partial charge in [-0.3, -0.25) is 9.10 Å². The molecule has 1 heterocycles. The molecule has 1 saturated heterocycles. The summed E-state index contributed by atoms with van der Waals surface area (Å²) in [6.07, 6.45) is 1.08. The lowest BCUT2D eigenvalue weighted by Gasteiger charge is -2.29. The van der Waals surface area contributed by atoms with Gasteiger partial charge in [-0.1, -0.05) is 18.2 Å². The van der Waals surface area contributed by atoms with E-state index in [1.807, 2.05) is 54.6 Å². The maximum Gasteiger partial charge on any atom is 0.245 e. The van der Waals surface area contributed by atoms with Crippen LogP contribution >= 0.6 is 0 Å². The third-order valence-electron chi connectivity index (χ3n) is 5.32. The normalized spacial score (nSPS) is 13.9. The molecule has 0 atom stereocenters. The van der Waals surface area contributed by atoms with Crippen LogP contribution in [0.2, 0.25) is 0 Å². The predicted octanol–water partition coefficient (Wildman–Crippen LogP) is 3.72. The molecule has 3 aromatic carbocycles. The van der Waals surface area contributed by atoms with E-state index in [4.69, 9.17) is 9.47 Å². The van der Waals surface area contributed by atoms with Gasteiger partial charge in [-0.15, -0.1) is 0 Å². The van der Waals surface area contributed by atoms with Crippen LogP contribution in [0.25, 0.3) is 0 Å². The summed E-state index contributed by atoms with van der Waals surface area (Å²) in [5.41, 5.74) is 2.03. The largest absolute Gasteiger partial charge is 0.457 e. The molecule has 1 aliphatic heterocycles. The zero-order valence-corrected chi connectivity index (χ0v) is 19.7. The van der Waals surface area contributed by atoms with E-state index in [1.54, 1.807) is 24.3 Å². The lowest BCUT2D eigenvalue weighted by Crippen LogP contribution is -2.37. The topological polar surface area (TPSA) is 88.2 Å². The van der Waals surface area contributed by atoms with Crippen molar-refractivity contribution in [2.24, 2.45) is 0 Å². The number of morpholine rings is 1. The maximum atomic E-state index is 12.7. The Morgan fingerprint density at radius 3 is 2.18 bits per heavy atom. The molecule has 34 heavy (non-hydrogen) atoms. The van der Waals surface area contributed by atoms with Gasteiger partial charge in [-0.25, -0.2) is 8.42 Å². The second-order valence-corrected chi connectivity index (χ2v) is 9.78. The van der Waals surface area contributed by atoms with Crippen molar-refractivity contribution in [1.82, 2.24) is 0 Å². The van der Waals surface area contributed by atoms with Gasteiger partial charge in [0.05, 0.1) is 25.2 Å². The molecule has 0 bridgehead atoms. The second kappa shape index (κ2) is 10.6. The van der Waals surface area contributed by atoms with E-state index in [0.29, 0.717) is 36.1 Å². The highest BCUT2D eigenvalue weighted by Crippen LogP contribution is 2.26. The predicted molar refractivity (Wildman–Crippen MR) is 133 cm³/mol. The first-order valence-electron chi connectivity index (χ1n) is 10.9. The van der Waals surface area contributed by atoms with Crippen LogP contribution in [0.3, 0.4) is 0 Å². The lowest BCUT2D eigenvalue weighted by atomic mass is 10.2. The van der Waals surface area contributed by atoms with Crippen molar-refractivity contribution >= 4 is 33.0 Å². The minimum Gasteiger partial charge on any atom is -0.457 e. The highest BCUT2D eigenvalue weighted by Gasteiger charge is 2.21. The molecular weight excluding hydrogens is 454 g/mol. The Kier molecular flexibility index (Phi) is 7.34. The fraction of sp³-hybridized carbons (Fsp3) is 0.240. The van der Waals surface area contributed by atoms with Crippen LogP contribution in [0.15, 0.2) is 78.9 Å². The van der Waals surface area contributed by atoms with Gasteiger partial charge in [0.1, 0.15) is 18.0 Å². The summed E-state index contributed by atoms with van der Waals surface area (Å²) in [5, 5.41) is 2.78. The zero-order valence-electron chi connectivity index (χ0n) is 18.9. The molecule has 3 aromatic rings. The fourth-order valence-electron chi connectivity index (χ4n) is 3.61. The molecular formula is C25H27N3O5S. The molecule has 0 radical (unpaired) electrons. The van der Waals surface area contributed by atoms with E-state index in [-0.39, 0.29) is 6.54 Å². The Morgan fingerprint density at radius 1 is 0.941 bits per heavy atom. The number of nitrogens with one attached hydrogen (secondary N) is 1. The number of hydrogen-bond donors (Lipinski definition) is 1. The van der Waals surface area contributed by atoms with Gasteiger partial charge in [0.2, 0.25) is 15.9 Å². The van der Waals surface area contributed by atoms with E-state index in [1.165, 1.54) is 0 Å². The maximum absolute atomic E-state index is 12.7. The van der Waals surface area contributed by atoms with Crippen molar-refractivity contribution in [3.05, 3.63) is 78.9 Å². The third-order valence-corrected chi connectivity index (χ3v) is 6.46. The van der Waals surface area contributed by atoms with E-state index < -0.39 is 15.9 Å². The van der Waals surface area contributed by atoms with E-state index >= 15 is 0 Å². The molecule has 9 heteroatoms. The SMILES string of the molecule is CS(=O)(=O)N(CC(=O)Nc1ccc(N2CCOCC2)cc1)c1ccc(Oc2ccccc2)cc1. The number of ether oxygens (including phenoxy) is 2. The number of carbonyl (C=O) groups is 1. The quantitative estimate of drug-likeness (QED) is 0.528. The van der Waals surface area contributed by atoms with Crippen LogP contribution in [0.1, 0.15) is 0 Å². The fourth-order valence-corrected chi connectivity index (χ4v) is 4.47. The number of anilines is 3. The van der Waals surface area contributed by atoms with Crippen LogP contribution in [-0.2, 0) is 19.6 Å². The molecule has 8 nitrogen and oxygen atoms in total. The molecule has 1 fully saturated rings. The number of amides is 1. The summed E-state index contributed by atoms with van der Waals surface area (Å²) in [6, 6.07) is 23.3. The van der Waals surface area contributed by atoms with Gasteiger partial charge in [-0.2, -0.15) is 0 Å². The van der Waals surface area contributed by atoms with Crippen LogP contribution < -0.4 is 19.3 Å². The van der Waals surface area contributed by atoms with Gasteiger partial charge in [0.25, 0.3) is 0 Å². The van der Waals surface area contributed by atoms with Crippen LogP contribution in [0.5, 0.6) is 11.5 Å². The average molecular weight is 482 g/mol. The van der Waals surface area contributed by atoms with Crippen LogP contribution in [-0.4, -0.2) is 53.4 Å². The van der Waals surface area contributed by atoms with E-state index in [9.17, 15) is 13.2 Å². The monoisotopic (exact) mass is 481 g/mol. The van der Waals surface area contributed by atoms with Crippen LogP contribution in [0, 0.1) is 0 Å².